The van der Waals surface area contributed by atoms with Crippen LogP contribution in [0.4, 0.5) is 0 Å². The number of hydrogen-bond acceptors (Lipinski definition) is 3. The van der Waals surface area contributed by atoms with Crippen LogP contribution in [0.3, 0.4) is 0 Å². The minimum atomic E-state index is -0.598. The highest BCUT2D eigenvalue weighted by atomic mass is 32.1. The Kier molecular flexibility index (Phi) is 5.53. The number of nitrogens with two attached hydrogens (primary N) is 1. The highest BCUT2D eigenvalue weighted by molar-refractivity contribution is 7.80. The molecule has 104 valence electrons. The monoisotopic (exact) mass is 271 g/mol. The van der Waals surface area contributed by atoms with E-state index >= 15 is 0 Å². The maximum atomic E-state index is 12.4. The van der Waals surface area contributed by atoms with Gasteiger partial charge in [-0.2, -0.15) is 0 Å². The largest absolute Gasteiger partial charge is 0.392 e. The first-order valence-corrected chi connectivity index (χ1v) is 7.05. The third-order valence-electron chi connectivity index (χ3n) is 4.05. The molecule has 0 aromatic rings. The van der Waals surface area contributed by atoms with Crippen molar-refractivity contribution in [3.63, 3.8) is 0 Å². The van der Waals surface area contributed by atoms with E-state index in [0.717, 1.165) is 25.7 Å². The van der Waals surface area contributed by atoms with Crippen molar-refractivity contribution in [2.24, 2.45) is 11.1 Å². The van der Waals surface area contributed by atoms with Gasteiger partial charge in [-0.25, -0.2) is 0 Å². The first kappa shape index (κ1) is 15.4. The molecule has 0 aromatic heterocycles. The second-order valence-corrected chi connectivity index (χ2v) is 5.97. The Morgan fingerprint density at radius 2 is 1.94 bits per heavy atom. The molecule has 0 heterocycles. The number of nitrogens with one attached hydrogen (secondary N) is 1. The first-order valence-electron chi connectivity index (χ1n) is 6.65. The van der Waals surface area contributed by atoms with Crippen LogP contribution in [-0.4, -0.2) is 42.5 Å². The zero-order chi connectivity index (χ0) is 13.8. The maximum absolute atomic E-state index is 12.4. The van der Waals surface area contributed by atoms with Crippen LogP contribution >= 0.6 is 12.2 Å². The Morgan fingerprint density at radius 3 is 2.39 bits per heavy atom. The van der Waals surface area contributed by atoms with E-state index in [9.17, 15) is 4.79 Å². The van der Waals surface area contributed by atoms with Crippen molar-refractivity contribution >= 4 is 23.1 Å². The fourth-order valence-corrected chi connectivity index (χ4v) is 2.63. The molecular weight excluding hydrogens is 246 g/mol. The van der Waals surface area contributed by atoms with Crippen LogP contribution in [-0.2, 0) is 4.79 Å². The van der Waals surface area contributed by atoms with Crippen LogP contribution in [0.15, 0.2) is 0 Å². The summed E-state index contributed by atoms with van der Waals surface area (Å²) in [5.41, 5.74) is 5.23. The number of amides is 1. The molecule has 1 atom stereocenters. The van der Waals surface area contributed by atoms with E-state index in [4.69, 9.17) is 18.0 Å². The van der Waals surface area contributed by atoms with E-state index in [2.05, 4.69) is 17.1 Å². The molecule has 1 unspecified atom stereocenters. The summed E-state index contributed by atoms with van der Waals surface area (Å²) in [6, 6.07) is 0.306. The summed E-state index contributed by atoms with van der Waals surface area (Å²) in [5.74, 6) is 0.0170. The molecule has 1 saturated carbocycles. The minimum Gasteiger partial charge on any atom is -0.392 e. The minimum absolute atomic E-state index is 0.0170. The molecule has 0 spiro atoms. The molecule has 1 fully saturated rings. The molecule has 0 aliphatic heterocycles. The Hall–Kier alpha value is -0.680. The van der Waals surface area contributed by atoms with E-state index in [1.54, 1.807) is 0 Å². The number of likely N-dealkylation sites (N-methyl/N-ethyl adjacent to an activating group) is 1. The fourth-order valence-electron chi connectivity index (χ4n) is 2.33. The van der Waals surface area contributed by atoms with Crippen molar-refractivity contribution in [1.29, 1.82) is 0 Å². The van der Waals surface area contributed by atoms with Crippen LogP contribution in [0.1, 0.15) is 39.0 Å². The molecule has 0 aromatic carbocycles. The number of carbonyl (C=O) groups is 1. The van der Waals surface area contributed by atoms with Gasteiger partial charge in [0.2, 0.25) is 5.91 Å². The van der Waals surface area contributed by atoms with Gasteiger partial charge < -0.3 is 16.0 Å². The predicted molar refractivity (Wildman–Crippen MR) is 78.5 cm³/mol. The van der Waals surface area contributed by atoms with E-state index < -0.39 is 5.41 Å². The fraction of sp³-hybridized carbons (Fsp3) is 0.846. The van der Waals surface area contributed by atoms with Crippen LogP contribution in [0.2, 0.25) is 0 Å². The summed E-state index contributed by atoms with van der Waals surface area (Å²) in [5, 5.41) is 3.01. The van der Waals surface area contributed by atoms with Gasteiger partial charge >= 0.3 is 0 Å². The van der Waals surface area contributed by atoms with Gasteiger partial charge in [0.15, 0.2) is 0 Å². The third-order valence-corrected chi connectivity index (χ3v) is 4.44. The number of carbonyl (C=O) groups excluding carboxylic acids is 1. The molecule has 0 saturated heterocycles. The molecule has 18 heavy (non-hydrogen) atoms. The number of nitrogens with zero attached hydrogens (tertiary/aromatic N) is 1. The Bertz CT molecular complexity index is 311. The van der Waals surface area contributed by atoms with E-state index in [-0.39, 0.29) is 5.91 Å². The summed E-state index contributed by atoms with van der Waals surface area (Å²) in [6.07, 6.45) is 4.84. The average Bonchev–Trinajstić information content (AvgIpc) is 2.35. The molecule has 0 bridgehead atoms. The van der Waals surface area contributed by atoms with Crippen molar-refractivity contribution in [2.75, 3.05) is 20.6 Å². The van der Waals surface area contributed by atoms with Gasteiger partial charge in [0, 0.05) is 12.6 Å². The zero-order valence-electron chi connectivity index (χ0n) is 11.7. The normalized spacial score (nSPS) is 20.4. The molecule has 1 aliphatic rings. The molecule has 1 rings (SSSR count). The molecule has 1 aliphatic carbocycles. The lowest BCUT2D eigenvalue weighted by Crippen LogP contribution is -2.52. The standard InChI is InChI=1S/C13H25N3OS/c1-10(16(2)3)9-15-12(17)13(11(14)18)7-5-4-6-8-13/h10H,4-9H2,1-3H3,(H2,14,18)(H,15,17). The molecule has 4 nitrogen and oxygen atoms in total. The number of rotatable bonds is 5. The molecule has 5 heteroatoms. The molecule has 1 amide bonds. The van der Waals surface area contributed by atoms with Crippen molar-refractivity contribution in [3.05, 3.63) is 0 Å². The average molecular weight is 271 g/mol. The van der Waals surface area contributed by atoms with Gasteiger partial charge in [0.05, 0.1) is 10.4 Å². The summed E-state index contributed by atoms with van der Waals surface area (Å²) in [7, 11) is 4.00. The second-order valence-electron chi connectivity index (χ2n) is 5.53. The molecule has 3 N–H and O–H groups in total. The van der Waals surface area contributed by atoms with Gasteiger partial charge in [0.1, 0.15) is 0 Å². The second kappa shape index (κ2) is 6.48. The van der Waals surface area contributed by atoms with E-state index in [1.165, 1.54) is 6.42 Å². The van der Waals surface area contributed by atoms with Crippen molar-refractivity contribution < 1.29 is 4.79 Å². The number of thiocarbonyl (C=S) groups is 1. The smallest absolute Gasteiger partial charge is 0.233 e. The first-order chi connectivity index (χ1) is 8.40. The summed E-state index contributed by atoms with van der Waals surface area (Å²) in [4.78, 5) is 14.8. The van der Waals surface area contributed by atoms with E-state index in [1.807, 2.05) is 14.1 Å². The van der Waals surface area contributed by atoms with Gasteiger partial charge in [-0.15, -0.1) is 0 Å². The lowest BCUT2D eigenvalue weighted by molar-refractivity contribution is -0.129. The van der Waals surface area contributed by atoms with Crippen molar-refractivity contribution in [2.45, 2.75) is 45.1 Å². The van der Waals surface area contributed by atoms with Crippen LogP contribution in [0, 0.1) is 5.41 Å². The topological polar surface area (TPSA) is 58.4 Å². The van der Waals surface area contributed by atoms with Crippen molar-refractivity contribution in [3.8, 4) is 0 Å². The Morgan fingerprint density at radius 1 is 1.39 bits per heavy atom. The lowest BCUT2D eigenvalue weighted by Gasteiger charge is -2.35. The summed E-state index contributed by atoms with van der Waals surface area (Å²) in [6.45, 7) is 2.71. The van der Waals surface area contributed by atoms with Gasteiger partial charge in [0.25, 0.3) is 0 Å². The zero-order valence-corrected chi connectivity index (χ0v) is 12.5. The van der Waals surface area contributed by atoms with Crippen LogP contribution in [0.25, 0.3) is 0 Å². The lowest BCUT2D eigenvalue weighted by atomic mass is 9.73. The quantitative estimate of drug-likeness (QED) is 0.740. The van der Waals surface area contributed by atoms with Gasteiger partial charge in [-0.3, -0.25) is 4.79 Å². The Labute approximate surface area is 115 Å². The highest BCUT2D eigenvalue weighted by Crippen LogP contribution is 2.36. The maximum Gasteiger partial charge on any atom is 0.233 e. The highest BCUT2D eigenvalue weighted by Gasteiger charge is 2.42. The van der Waals surface area contributed by atoms with E-state index in [0.29, 0.717) is 17.6 Å². The summed E-state index contributed by atoms with van der Waals surface area (Å²) >= 11 is 5.14. The summed E-state index contributed by atoms with van der Waals surface area (Å²) < 4.78 is 0. The van der Waals surface area contributed by atoms with Crippen LogP contribution in [0.5, 0.6) is 0 Å². The van der Waals surface area contributed by atoms with Crippen LogP contribution < -0.4 is 11.1 Å². The van der Waals surface area contributed by atoms with Gasteiger partial charge in [-0.1, -0.05) is 31.5 Å². The van der Waals surface area contributed by atoms with Gasteiger partial charge in [-0.05, 0) is 33.9 Å². The van der Waals surface area contributed by atoms with Crippen molar-refractivity contribution in [1.82, 2.24) is 10.2 Å². The molecular formula is C13H25N3OS. The SMILES string of the molecule is CC(CNC(=O)C1(C(N)=S)CCCCC1)N(C)C. The predicted octanol–water partition coefficient (Wildman–Crippen LogP) is 1.29. The Balaban J connectivity index is 2.63. The number of hydrogen-bond donors (Lipinski definition) is 2. The third kappa shape index (κ3) is 3.42. The molecule has 0 radical (unpaired) electrons.